The summed E-state index contributed by atoms with van der Waals surface area (Å²) in [4.78, 5) is 16.1. The lowest BCUT2D eigenvalue weighted by molar-refractivity contribution is 0.0768. The van der Waals surface area contributed by atoms with Crippen molar-refractivity contribution in [3.63, 3.8) is 0 Å². The van der Waals surface area contributed by atoms with Crippen LogP contribution in [-0.2, 0) is 4.74 Å². The van der Waals surface area contributed by atoms with Crippen LogP contribution in [0.25, 0.3) is 5.70 Å². The number of hydrogen-bond acceptors (Lipinski definition) is 7. The molecule has 0 aliphatic carbocycles. The van der Waals surface area contributed by atoms with Gasteiger partial charge in [-0.3, -0.25) is 9.89 Å². The van der Waals surface area contributed by atoms with E-state index in [0.717, 1.165) is 69.1 Å². The van der Waals surface area contributed by atoms with E-state index in [1.807, 2.05) is 13.0 Å². The van der Waals surface area contributed by atoms with Crippen LogP contribution in [0.1, 0.15) is 43.1 Å². The summed E-state index contributed by atoms with van der Waals surface area (Å²) in [6.45, 7) is 16.5. The van der Waals surface area contributed by atoms with Gasteiger partial charge in [0.25, 0.3) is 0 Å². The molecule has 2 N–H and O–H groups in total. The van der Waals surface area contributed by atoms with E-state index in [2.05, 4.69) is 45.8 Å². The van der Waals surface area contributed by atoms with Crippen LogP contribution in [0.5, 0.6) is 0 Å². The zero-order valence-corrected chi connectivity index (χ0v) is 22.6. The highest BCUT2D eigenvalue weighted by Crippen LogP contribution is 2.30. The van der Waals surface area contributed by atoms with Crippen molar-refractivity contribution in [2.24, 2.45) is 10.7 Å². The van der Waals surface area contributed by atoms with Crippen molar-refractivity contribution in [3.05, 3.63) is 78.0 Å². The SMILES string of the molecule is C=C(N)O/C(=N\C)c1ccc(N2CCN(C3CCN(C(=C)c4ccc(F)c(F)c4)CC3)[C@@H](CC)C2)c(C)n1. The lowest BCUT2D eigenvalue weighted by atomic mass is 9.97. The molecule has 0 radical (unpaired) electrons. The van der Waals surface area contributed by atoms with Crippen molar-refractivity contribution in [1.82, 2.24) is 14.8 Å². The van der Waals surface area contributed by atoms with Crippen LogP contribution in [0.3, 0.4) is 0 Å². The largest absolute Gasteiger partial charge is 0.422 e. The molecular formula is C29H38F2N6O. The Labute approximate surface area is 224 Å². The van der Waals surface area contributed by atoms with Crippen molar-refractivity contribution in [1.29, 1.82) is 0 Å². The van der Waals surface area contributed by atoms with Gasteiger partial charge in [0, 0.05) is 63.1 Å². The maximum atomic E-state index is 13.7. The van der Waals surface area contributed by atoms with E-state index in [4.69, 9.17) is 15.5 Å². The molecule has 0 unspecified atom stereocenters. The van der Waals surface area contributed by atoms with Crippen LogP contribution >= 0.6 is 0 Å². The molecule has 3 heterocycles. The zero-order valence-electron chi connectivity index (χ0n) is 22.6. The fourth-order valence-electron chi connectivity index (χ4n) is 5.60. The van der Waals surface area contributed by atoms with Gasteiger partial charge in [0.05, 0.1) is 11.4 Å². The third-order valence-corrected chi connectivity index (χ3v) is 7.62. The molecule has 38 heavy (non-hydrogen) atoms. The van der Waals surface area contributed by atoms with E-state index >= 15 is 0 Å². The Morgan fingerprint density at radius 1 is 1.11 bits per heavy atom. The van der Waals surface area contributed by atoms with E-state index in [1.54, 1.807) is 13.1 Å². The highest BCUT2D eigenvalue weighted by molar-refractivity contribution is 5.93. The Bertz CT molecular complexity index is 1210. The van der Waals surface area contributed by atoms with Gasteiger partial charge in [0.2, 0.25) is 5.90 Å². The molecule has 0 bridgehead atoms. The first-order valence-electron chi connectivity index (χ1n) is 13.2. The molecule has 2 fully saturated rings. The number of rotatable bonds is 7. The predicted octanol–water partition coefficient (Wildman–Crippen LogP) is 4.53. The number of benzene rings is 1. The molecule has 204 valence electrons. The number of nitrogens with zero attached hydrogens (tertiary/aromatic N) is 5. The van der Waals surface area contributed by atoms with Crippen molar-refractivity contribution in [2.75, 3.05) is 44.7 Å². The molecule has 0 saturated carbocycles. The summed E-state index contributed by atoms with van der Waals surface area (Å²) < 4.78 is 32.5. The maximum absolute atomic E-state index is 13.7. The number of ether oxygens (including phenoxy) is 1. The van der Waals surface area contributed by atoms with E-state index in [9.17, 15) is 8.78 Å². The highest BCUT2D eigenvalue weighted by atomic mass is 19.2. The summed E-state index contributed by atoms with van der Waals surface area (Å²) in [5, 5.41) is 0. The standard InChI is InChI=1S/C29H38F2N6O/c1-6-23-18-36(28-10-9-27(34-19(28)2)29(33-5)38-21(4)32)15-16-37(23)24-11-13-35(14-12-24)20(3)22-7-8-25(30)26(31)17-22/h7-10,17,23-24H,3-4,6,11-16,18,32H2,1-2,5H3/b33-29-/t23-/m0/s1. The second-order valence-electron chi connectivity index (χ2n) is 9.94. The van der Waals surface area contributed by atoms with Crippen LogP contribution in [0.4, 0.5) is 14.5 Å². The number of aryl methyl sites for hydroxylation is 1. The average molecular weight is 525 g/mol. The summed E-state index contributed by atoms with van der Waals surface area (Å²) in [5.74, 6) is -1.24. The molecular weight excluding hydrogens is 486 g/mol. The Balaban J connectivity index is 1.37. The van der Waals surface area contributed by atoms with Gasteiger partial charge in [0.1, 0.15) is 5.69 Å². The Kier molecular flexibility index (Phi) is 8.66. The number of anilines is 1. The summed E-state index contributed by atoms with van der Waals surface area (Å²) in [6.07, 6.45) is 3.09. The molecule has 2 aromatic rings. The molecule has 0 amide bonds. The van der Waals surface area contributed by atoms with Crippen LogP contribution in [0.2, 0.25) is 0 Å². The number of piperidine rings is 1. The molecule has 7 nitrogen and oxygen atoms in total. The number of likely N-dealkylation sites (tertiary alicyclic amines) is 1. The normalized spacial score (nSPS) is 19.5. The average Bonchev–Trinajstić information content (AvgIpc) is 2.92. The van der Waals surface area contributed by atoms with Gasteiger partial charge in [0.15, 0.2) is 17.5 Å². The number of piperazine rings is 1. The van der Waals surface area contributed by atoms with Crippen molar-refractivity contribution >= 4 is 17.3 Å². The Hall–Kier alpha value is -3.46. The van der Waals surface area contributed by atoms with Crippen molar-refractivity contribution in [2.45, 2.75) is 45.2 Å². The molecule has 9 heteroatoms. The van der Waals surface area contributed by atoms with E-state index in [1.165, 1.54) is 12.1 Å². The lowest BCUT2D eigenvalue weighted by Crippen LogP contribution is -2.58. The fourth-order valence-corrected chi connectivity index (χ4v) is 5.60. The molecule has 1 atom stereocenters. The minimum Gasteiger partial charge on any atom is -0.422 e. The third kappa shape index (κ3) is 5.99. The topological polar surface area (TPSA) is 70.2 Å². The van der Waals surface area contributed by atoms with Gasteiger partial charge in [-0.05, 0) is 63.1 Å². The molecule has 0 spiro atoms. The molecule has 1 aromatic heterocycles. The number of pyridine rings is 1. The Morgan fingerprint density at radius 3 is 2.45 bits per heavy atom. The zero-order chi connectivity index (χ0) is 27.4. The number of aliphatic imine (C=N–C) groups is 1. The number of aromatic nitrogens is 1. The number of halogens is 2. The third-order valence-electron chi connectivity index (χ3n) is 7.62. The highest BCUT2D eigenvalue weighted by Gasteiger charge is 2.34. The lowest BCUT2D eigenvalue weighted by Gasteiger charge is -2.48. The molecule has 2 aliphatic rings. The van der Waals surface area contributed by atoms with Gasteiger partial charge in [-0.2, -0.15) is 0 Å². The van der Waals surface area contributed by atoms with Crippen LogP contribution in [0.15, 0.2) is 54.4 Å². The fraction of sp³-hybridized carbons (Fsp3) is 0.448. The van der Waals surface area contributed by atoms with Crippen LogP contribution in [0, 0.1) is 18.6 Å². The first-order chi connectivity index (χ1) is 18.2. The summed E-state index contributed by atoms with van der Waals surface area (Å²) in [6, 6.07) is 8.91. The second kappa shape index (κ2) is 11.9. The first kappa shape index (κ1) is 27.6. The van der Waals surface area contributed by atoms with E-state index in [-0.39, 0.29) is 5.88 Å². The summed E-state index contributed by atoms with van der Waals surface area (Å²) in [7, 11) is 1.64. The maximum Gasteiger partial charge on any atom is 0.242 e. The smallest absolute Gasteiger partial charge is 0.242 e. The minimum atomic E-state index is -0.837. The molecule has 1 aromatic carbocycles. The van der Waals surface area contributed by atoms with Gasteiger partial charge in [-0.1, -0.05) is 13.5 Å². The van der Waals surface area contributed by atoms with E-state index < -0.39 is 11.6 Å². The van der Waals surface area contributed by atoms with E-state index in [0.29, 0.717) is 29.2 Å². The minimum absolute atomic E-state index is 0.0792. The van der Waals surface area contributed by atoms with Crippen molar-refractivity contribution < 1.29 is 13.5 Å². The van der Waals surface area contributed by atoms with Gasteiger partial charge in [-0.15, -0.1) is 0 Å². The summed E-state index contributed by atoms with van der Waals surface area (Å²) in [5.41, 5.74) is 9.63. The number of nitrogens with two attached hydrogens (primary N) is 1. The number of hydrogen-bond donors (Lipinski definition) is 1. The Morgan fingerprint density at radius 2 is 1.84 bits per heavy atom. The quantitative estimate of drug-likeness (QED) is 0.326. The van der Waals surface area contributed by atoms with Crippen molar-refractivity contribution in [3.8, 4) is 0 Å². The predicted molar refractivity (Wildman–Crippen MR) is 149 cm³/mol. The van der Waals surface area contributed by atoms with Crippen LogP contribution in [-0.4, -0.2) is 72.5 Å². The molecule has 2 aliphatic heterocycles. The monoisotopic (exact) mass is 524 g/mol. The van der Waals surface area contributed by atoms with Gasteiger partial charge in [-0.25, -0.2) is 13.8 Å². The molecule has 4 rings (SSSR count). The van der Waals surface area contributed by atoms with Gasteiger partial charge < -0.3 is 20.3 Å². The van der Waals surface area contributed by atoms with Gasteiger partial charge >= 0.3 is 0 Å². The van der Waals surface area contributed by atoms with Crippen LogP contribution < -0.4 is 10.6 Å². The molecule has 2 saturated heterocycles. The second-order valence-corrected chi connectivity index (χ2v) is 9.94. The summed E-state index contributed by atoms with van der Waals surface area (Å²) >= 11 is 0. The first-order valence-corrected chi connectivity index (χ1v) is 13.2.